The van der Waals surface area contributed by atoms with E-state index in [1.54, 1.807) is 24.9 Å². The van der Waals surface area contributed by atoms with Crippen molar-refractivity contribution in [2.24, 2.45) is 11.8 Å². The van der Waals surface area contributed by atoms with Gasteiger partial charge < -0.3 is 4.74 Å². The first-order valence-electron chi connectivity index (χ1n) is 7.78. The van der Waals surface area contributed by atoms with Crippen molar-refractivity contribution in [1.82, 2.24) is 10.0 Å². The molecule has 1 rings (SSSR count). The Morgan fingerprint density at radius 3 is 2.43 bits per heavy atom. The quantitative estimate of drug-likeness (QED) is 0.534. The van der Waals surface area contributed by atoms with Crippen molar-refractivity contribution in [2.45, 2.75) is 47.1 Å². The lowest BCUT2D eigenvalue weighted by Crippen LogP contribution is -2.62. The summed E-state index contributed by atoms with van der Waals surface area (Å²) in [4.78, 5) is 24.7. The van der Waals surface area contributed by atoms with Crippen LogP contribution in [0.2, 0.25) is 0 Å². The smallest absolute Gasteiger partial charge is 0.330 e. The number of hydrogen-bond acceptors (Lipinski definition) is 4. The minimum Gasteiger partial charge on any atom is -0.464 e. The zero-order chi connectivity index (χ0) is 16.0. The van der Waals surface area contributed by atoms with Crippen LogP contribution in [-0.4, -0.2) is 47.6 Å². The summed E-state index contributed by atoms with van der Waals surface area (Å²) in [6.45, 7) is 11.7. The Labute approximate surface area is 127 Å². The van der Waals surface area contributed by atoms with Crippen molar-refractivity contribution < 1.29 is 14.3 Å². The van der Waals surface area contributed by atoms with Gasteiger partial charge in [-0.2, -0.15) is 0 Å². The molecule has 1 atom stereocenters. The topological polar surface area (TPSA) is 49.9 Å². The van der Waals surface area contributed by atoms with E-state index < -0.39 is 6.04 Å². The normalized spacial score (nSPS) is 17.8. The van der Waals surface area contributed by atoms with Crippen molar-refractivity contribution in [3.8, 4) is 0 Å². The predicted molar refractivity (Wildman–Crippen MR) is 82.3 cm³/mol. The first-order chi connectivity index (χ1) is 9.90. The molecule has 1 unspecified atom stereocenters. The maximum absolute atomic E-state index is 12.4. The van der Waals surface area contributed by atoms with E-state index in [-0.39, 0.29) is 11.9 Å². The Bertz CT molecular complexity index is 387. The third-order valence-electron chi connectivity index (χ3n) is 3.43. The van der Waals surface area contributed by atoms with E-state index in [0.29, 0.717) is 24.9 Å². The highest BCUT2D eigenvalue weighted by atomic mass is 16.5. The molecule has 0 aromatic carbocycles. The van der Waals surface area contributed by atoms with Crippen LogP contribution in [-0.2, 0) is 14.3 Å². The van der Waals surface area contributed by atoms with Gasteiger partial charge in [0.15, 0.2) is 0 Å². The SMILES string of the molecule is C/C=C\C(=O)N(C(CC(C)C)C(=O)OCC)N1CC(C)C1. The summed E-state index contributed by atoms with van der Waals surface area (Å²) >= 11 is 0. The molecule has 1 amide bonds. The second-order valence-corrected chi connectivity index (χ2v) is 6.06. The van der Waals surface area contributed by atoms with Gasteiger partial charge in [-0.25, -0.2) is 9.80 Å². The van der Waals surface area contributed by atoms with Crippen molar-refractivity contribution in [1.29, 1.82) is 0 Å². The summed E-state index contributed by atoms with van der Waals surface area (Å²) in [6.07, 6.45) is 3.82. The fraction of sp³-hybridized carbons (Fsp3) is 0.750. The van der Waals surface area contributed by atoms with Crippen LogP contribution < -0.4 is 0 Å². The number of ether oxygens (including phenoxy) is 1. The van der Waals surface area contributed by atoms with Crippen molar-refractivity contribution >= 4 is 11.9 Å². The molecule has 1 heterocycles. The second-order valence-electron chi connectivity index (χ2n) is 6.06. The van der Waals surface area contributed by atoms with Crippen LogP contribution in [0.15, 0.2) is 12.2 Å². The van der Waals surface area contributed by atoms with Crippen LogP contribution in [0.3, 0.4) is 0 Å². The van der Waals surface area contributed by atoms with Crippen LogP contribution in [0.1, 0.15) is 41.0 Å². The molecule has 0 aromatic rings. The van der Waals surface area contributed by atoms with Gasteiger partial charge in [0, 0.05) is 19.2 Å². The van der Waals surface area contributed by atoms with Crippen molar-refractivity contribution in [3.63, 3.8) is 0 Å². The molecule has 0 aliphatic carbocycles. The van der Waals surface area contributed by atoms with Gasteiger partial charge in [-0.3, -0.25) is 9.80 Å². The Morgan fingerprint density at radius 2 is 2.00 bits per heavy atom. The summed E-state index contributed by atoms with van der Waals surface area (Å²) in [5.41, 5.74) is 0. The number of esters is 1. The molecule has 1 aliphatic rings. The fourth-order valence-corrected chi connectivity index (χ4v) is 2.53. The third kappa shape index (κ3) is 4.84. The molecule has 1 aliphatic heterocycles. The average molecular weight is 296 g/mol. The first-order valence-corrected chi connectivity index (χ1v) is 7.78. The Hall–Kier alpha value is -1.36. The molecule has 5 heteroatoms. The van der Waals surface area contributed by atoms with Gasteiger partial charge in [0.2, 0.25) is 0 Å². The fourth-order valence-electron chi connectivity index (χ4n) is 2.53. The van der Waals surface area contributed by atoms with Crippen LogP contribution in [0, 0.1) is 11.8 Å². The summed E-state index contributed by atoms with van der Waals surface area (Å²) in [6, 6.07) is -0.541. The van der Waals surface area contributed by atoms with E-state index in [4.69, 9.17) is 4.74 Å². The molecule has 0 radical (unpaired) electrons. The molecule has 5 nitrogen and oxygen atoms in total. The van der Waals surface area contributed by atoms with Gasteiger partial charge in [0.1, 0.15) is 6.04 Å². The number of carbonyl (C=O) groups excluding carboxylic acids is 2. The Kier molecular flexibility index (Phi) is 6.89. The van der Waals surface area contributed by atoms with Gasteiger partial charge in [0.05, 0.1) is 6.61 Å². The number of hydrogen-bond donors (Lipinski definition) is 0. The lowest BCUT2D eigenvalue weighted by molar-refractivity contribution is -0.182. The van der Waals surface area contributed by atoms with Gasteiger partial charge in [0.25, 0.3) is 5.91 Å². The number of hydrazine groups is 1. The molecule has 21 heavy (non-hydrogen) atoms. The third-order valence-corrected chi connectivity index (χ3v) is 3.43. The molecule has 0 saturated carbocycles. The summed E-state index contributed by atoms with van der Waals surface area (Å²) in [5.74, 6) is 0.388. The summed E-state index contributed by atoms with van der Waals surface area (Å²) in [7, 11) is 0. The molecule has 1 fully saturated rings. The van der Waals surface area contributed by atoms with Crippen LogP contribution in [0.4, 0.5) is 0 Å². The lowest BCUT2D eigenvalue weighted by atomic mass is 10.0. The van der Waals surface area contributed by atoms with Crippen LogP contribution in [0.5, 0.6) is 0 Å². The number of allylic oxidation sites excluding steroid dienone is 1. The maximum atomic E-state index is 12.4. The van der Waals surface area contributed by atoms with Crippen LogP contribution in [0.25, 0.3) is 0 Å². The van der Waals surface area contributed by atoms with Crippen LogP contribution >= 0.6 is 0 Å². The molecule has 120 valence electrons. The highest BCUT2D eigenvalue weighted by Crippen LogP contribution is 2.23. The van der Waals surface area contributed by atoms with Gasteiger partial charge in [-0.15, -0.1) is 0 Å². The minimum atomic E-state index is -0.541. The van der Waals surface area contributed by atoms with Gasteiger partial charge >= 0.3 is 5.97 Å². The standard InChI is InChI=1S/C16H28N2O3/c1-6-8-15(19)18(17-10-13(5)11-17)14(9-12(3)4)16(20)21-7-2/h6,8,12-14H,7,9-11H2,1-5H3/b8-6-. The average Bonchev–Trinajstić information content (AvgIpc) is 2.36. The maximum Gasteiger partial charge on any atom is 0.330 e. The molecule has 0 spiro atoms. The zero-order valence-electron chi connectivity index (χ0n) is 13.8. The highest BCUT2D eigenvalue weighted by Gasteiger charge is 2.39. The summed E-state index contributed by atoms with van der Waals surface area (Å²) < 4.78 is 5.18. The summed E-state index contributed by atoms with van der Waals surface area (Å²) in [5, 5.41) is 3.55. The number of nitrogens with zero attached hydrogens (tertiary/aromatic N) is 2. The Morgan fingerprint density at radius 1 is 1.38 bits per heavy atom. The predicted octanol–water partition coefficient (Wildman–Crippen LogP) is 2.24. The van der Waals surface area contributed by atoms with E-state index in [9.17, 15) is 9.59 Å². The van der Waals surface area contributed by atoms with E-state index >= 15 is 0 Å². The first kappa shape index (κ1) is 17.7. The number of carbonyl (C=O) groups is 2. The minimum absolute atomic E-state index is 0.150. The van der Waals surface area contributed by atoms with Crippen molar-refractivity contribution in [3.05, 3.63) is 12.2 Å². The van der Waals surface area contributed by atoms with E-state index in [1.165, 1.54) is 6.08 Å². The molecular formula is C16H28N2O3. The van der Waals surface area contributed by atoms with E-state index in [2.05, 4.69) is 6.92 Å². The highest BCUT2D eigenvalue weighted by molar-refractivity contribution is 5.91. The van der Waals surface area contributed by atoms with E-state index in [1.807, 2.05) is 18.9 Å². The molecule has 0 aromatic heterocycles. The van der Waals surface area contributed by atoms with Gasteiger partial charge in [-0.05, 0) is 32.1 Å². The van der Waals surface area contributed by atoms with Gasteiger partial charge in [-0.1, -0.05) is 26.8 Å². The lowest BCUT2D eigenvalue weighted by Gasteiger charge is -2.47. The largest absolute Gasteiger partial charge is 0.464 e. The monoisotopic (exact) mass is 296 g/mol. The zero-order valence-corrected chi connectivity index (χ0v) is 13.8. The molecular weight excluding hydrogens is 268 g/mol. The molecule has 0 N–H and O–H groups in total. The number of rotatable bonds is 7. The second kappa shape index (κ2) is 8.17. The van der Waals surface area contributed by atoms with E-state index in [0.717, 1.165) is 13.1 Å². The number of amides is 1. The van der Waals surface area contributed by atoms with Crippen molar-refractivity contribution in [2.75, 3.05) is 19.7 Å². The molecule has 1 saturated heterocycles. The Balaban J connectivity index is 2.97. The molecule has 0 bridgehead atoms.